The maximum atomic E-state index is 2.37. The molecule has 40 valence electrons. The number of halogens is 1. The van der Waals surface area contributed by atoms with Gasteiger partial charge in [0.2, 0.25) is 0 Å². The summed E-state index contributed by atoms with van der Waals surface area (Å²) < 4.78 is 0. The molecule has 0 aliphatic heterocycles. The molecule has 0 aromatic carbocycles. The van der Waals surface area contributed by atoms with Crippen LogP contribution in [0.25, 0.3) is 0 Å². The van der Waals surface area contributed by atoms with Crippen LogP contribution in [0.1, 0.15) is 0 Å². The normalized spacial score (nSPS) is 1.17. The molecule has 0 atom stereocenters. The molecule has 0 spiro atoms. The molecule has 6 heteroatoms. The van der Waals surface area contributed by atoms with Gasteiger partial charge in [-0.25, -0.2) is 0 Å². The van der Waals surface area contributed by atoms with Crippen LogP contribution in [-0.4, -0.2) is 80.4 Å². The van der Waals surface area contributed by atoms with Gasteiger partial charge in [0.1, 0.15) is 0 Å². The quantitative estimate of drug-likeness (QED) is 0.425. The van der Waals surface area contributed by atoms with E-state index in [0.717, 1.165) is 58.5 Å². The Morgan fingerprint density at radius 1 is 0.667 bits per heavy atom. The Kier molecular flexibility index (Phi) is 309. The molecule has 0 aromatic rings. The Morgan fingerprint density at radius 2 is 0.667 bits per heavy atom. The Labute approximate surface area is 83.7 Å². The predicted molar refractivity (Wildman–Crippen MR) is 34.2 cm³/mol. The molecular weight excluding hydrogens is 324 g/mol. The van der Waals surface area contributed by atoms with Gasteiger partial charge >= 0.3 is 64.8 Å². The van der Waals surface area contributed by atoms with E-state index in [1.807, 2.05) is 0 Å². The van der Waals surface area contributed by atoms with Gasteiger partial charge < -0.3 is 21.9 Å². The molecule has 0 saturated carbocycles. The van der Waals surface area contributed by atoms with Crippen LogP contribution in [-0.2, 0) is 0 Å². The molecule has 0 aromatic heterocycles. The van der Waals surface area contributed by atoms with Gasteiger partial charge in [-0.1, -0.05) is 0 Å². The molecule has 0 fully saturated rings. The average Bonchev–Trinajstić information content (AvgIpc) is 1.00. The Bertz CT molecular complexity index is 7.51. The zero-order chi connectivity index (χ0) is 2.00. The van der Waals surface area contributed by atoms with Crippen molar-refractivity contribution in [2.24, 2.45) is 0 Å². The monoisotopic (exact) mass is 332 g/mol. The van der Waals surface area contributed by atoms with Crippen molar-refractivity contribution in [3.05, 3.63) is 0 Å². The van der Waals surface area contributed by atoms with Gasteiger partial charge in [-0.3, -0.25) is 0 Å². The number of hydrogen-bond donors (Lipinski definition) is 0. The van der Waals surface area contributed by atoms with Gasteiger partial charge in [-0.05, 0) is 0 Å². The molecule has 0 radical (unpaired) electrons. The van der Waals surface area contributed by atoms with Crippen LogP contribution in [0.15, 0.2) is 0 Å². The second-order valence-corrected chi connectivity index (χ2v) is 0. The first-order chi connectivity index (χ1) is 1.00. The average molecular weight is 332 g/mol. The predicted octanol–water partition coefficient (Wildman–Crippen LogP) is -2.79. The SMILES string of the molecule is O.O.O.O.[I][Cs]. The molecule has 4 nitrogen and oxygen atoms in total. The summed E-state index contributed by atoms with van der Waals surface area (Å²) in [4.78, 5) is 0. The Morgan fingerprint density at radius 3 is 0.667 bits per heavy atom. The van der Waals surface area contributed by atoms with Crippen molar-refractivity contribution < 1.29 is 21.9 Å². The summed E-state index contributed by atoms with van der Waals surface area (Å²) in [6.07, 6.45) is 2.37. The number of rotatable bonds is 0. The molecule has 0 aliphatic rings. The molecule has 0 heterocycles. The minimum atomic E-state index is 0. The number of hydrogen-bond acceptors (Lipinski definition) is 0. The van der Waals surface area contributed by atoms with Crippen molar-refractivity contribution in [3.8, 4) is 0 Å². The summed E-state index contributed by atoms with van der Waals surface area (Å²) in [5.74, 6) is 0. The van der Waals surface area contributed by atoms with E-state index in [0.29, 0.717) is 0 Å². The third-order valence-electron chi connectivity index (χ3n) is 0. The summed E-state index contributed by atoms with van der Waals surface area (Å²) in [5, 5.41) is 0. The first-order valence-electron chi connectivity index (χ1n) is 0.378. The van der Waals surface area contributed by atoms with Gasteiger partial charge in [-0.2, -0.15) is 0 Å². The second kappa shape index (κ2) is 48.6. The van der Waals surface area contributed by atoms with Crippen molar-refractivity contribution in [1.29, 1.82) is 0 Å². The van der Waals surface area contributed by atoms with E-state index in [9.17, 15) is 0 Å². The zero-order valence-corrected chi connectivity index (χ0v) is 11.8. The molecule has 0 unspecified atom stereocenters. The fourth-order valence-electron chi connectivity index (χ4n) is 0. The second-order valence-electron chi connectivity index (χ2n) is 0. The summed E-state index contributed by atoms with van der Waals surface area (Å²) in [6.45, 7) is 0. The van der Waals surface area contributed by atoms with Crippen LogP contribution in [0.5, 0.6) is 0 Å². The van der Waals surface area contributed by atoms with Crippen LogP contribution in [0.4, 0.5) is 0 Å². The molecule has 0 saturated heterocycles. The molecule has 0 rings (SSSR count). The van der Waals surface area contributed by atoms with Crippen LogP contribution >= 0.6 is 6.35 Å². The minimum absolute atomic E-state index is 0. The van der Waals surface area contributed by atoms with Crippen molar-refractivity contribution >= 4 is 64.8 Å². The van der Waals surface area contributed by atoms with Gasteiger partial charge in [-0.15, -0.1) is 0 Å². The first kappa shape index (κ1) is 38.2. The van der Waals surface area contributed by atoms with Crippen molar-refractivity contribution in [2.75, 3.05) is 0 Å². The molecular formula is H8CsIO4. The van der Waals surface area contributed by atoms with E-state index in [2.05, 4.69) is 6.35 Å². The van der Waals surface area contributed by atoms with Crippen molar-refractivity contribution in [1.82, 2.24) is 0 Å². The molecule has 6 heavy (non-hydrogen) atoms. The fraction of sp³-hybridized carbons (Fsp3) is 0. The molecule has 0 amide bonds. The van der Waals surface area contributed by atoms with Gasteiger partial charge in [0.25, 0.3) is 0 Å². The molecule has 8 N–H and O–H groups in total. The van der Waals surface area contributed by atoms with Crippen molar-refractivity contribution in [3.63, 3.8) is 0 Å². The van der Waals surface area contributed by atoms with Gasteiger partial charge in [0, 0.05) is 0 Å². The van der Waals surface area contributed by atoms with E-state index in [1.165, 1.54) is 0 Å². The zero-order valence-electron chi connectivity index (χ0n) is 3.38. The van der Waals surface area contributed by atoms with Crippen LogP contribution in [0.2, 0.25) is 0 Å². The molecule has 0 aliphatic carbocycles. The van der Waals surface area contributed by atoms with E-state index in [4.69, 9.17) is 0 Å². The van der Waals surface area contributed by atoms with Crippen LogP contribution in [0.3, 0.4) is 0 Å². The molecule has 0 bridgehead atoms. The fourth-order valence-corrected chi connectivity index (χ4v) is 0. The van der Waals surface area contributed by atoms with E-state index in [1.54, 1.807) is 0 Å². The van der Waals surface area contributed by atoms with Gasteiger partial charge in [0.15, 0.2) is 0 Å². The van der Waals surface area contributed by atoms with Gasteiger partial charge in [0.05, 0.1) is 0 Å². The van der Waals surface area contributed by atoms with E-state index < -0.39 is 0 Å². The van der Waals surface area contributed by atoms with E-state index in [-0.39, 0.29) is 21.9 Å². The summed E-state index contributed by atoms with van der Waals surface area (Å²) in [6, 6.07) is 0. The maximum absolute atomic E-state index is 2.37. The Balaban J connectivity index is -0.000000000833. The third kappa shape index (κ3) is 30.4. The third-order valence-corrected chi connectivity index (χ3v) is 0. The Hall–Kier alpha value is 2.62. The van der Waals surface area contributed by atoms with E-state index >= 15 is 0 Å². The van der Waals surface area contributed by atoms with Crippen LogP contribution < -0.4 is 0 Å². The summed E-state index contributed by atoms with van der Waals surface area (Å²) >= 11 is 0.859. The topological polar surface area (TPSA) is 126 Å². The van der Waals surface area contributed by atoms with Crippen LogP contribution in [0, 0.1) is 0 Å². The summed E-state index contributed by atoms with van der Waals surface area (Å²) in [7, 11) is 0. The van der Waals surface area contributed by atoms with Crippen molar-refractivity contribution in [2.45, 2.75) is 0 Å². The standard InChI is InChI=1S/Cs.HI.4H2O/h;1H;4*1H2/q+1;;;;;/p-1. The first-order valence-corrected chi connectivity index (χ1v) is 18.5. The summed E-state index contributed by atoms with van der Waals surface area (Å²) in [5.41, 5.74) is 0.